The molecule has 0 nitrogen and oxygen atoms in total. The lowest BCUT2D eigenvalue weighted by Crippen LogP contribution is -2.77. The largest absolute Gasteiger partial charge is 0.394 e. The van der Waals surface area contributed by atoms with Gasteiger partial charge >= 0.3 is 61.0 Å². The van der Waals surface area contributed by atoms with Gasteiger partial charge in [0.1, 0.15) is 18.5 Å². The van der Waals surface area contributed by atoms with E-state index in [9.17, 15) is 149 Å². The molecule has 0 heterocycles. The van der Waals surface area contributed by atoms with Crippen molar-refractivity contribution >= 4 is 0 Å². The molecule has 101 heavy (non-hydrogen) atoms. The Hall–Kier alpha value is -2.38. The maximum Gasteiger partial charge on any atom is 0.394 e. The number of hydrogen-bond acceptors (Lipinski definition) is 0. The summed E-state index contributed by atoms with van der Waals surface area (Å²) in [5.74, 6) is -50.5. The number of halogens is 34. The second-order valence-corrected chi connectivity index (χ2v) is 31.9. The van der Waals surface area contributed by atoms with Crippen LogP contribution in [0.2, 0.25) is 0 Å². The third-order valence-corrected chi connectivity index (χ3v) is 23.5. The predicted octanol–water partition coefficient (Wildman–Crippen LogP) is 27.2. The van der Waals surface area contributed by atoms with Crippen molar-refractivity contribution < 1.29 is 151 Å². The molecule has 0 amide bonds. The van der Waals surface area contributed by atoms with Crippen LogP contribution < -0.4 is 0 Å². The first kappa shape index (κ1) is 92.8. The minimum absolute atomic E-state index is 0.0166. The highest BCUT2D eigenvalue weighted by atomic mass is 19.4. The summed E-state index contributed by atoms with van der Waals surface area (Å²) in [6.45, 7) is 23.1. The van der Waals surface area contributed by atoms with Gasteiger partial charge in [-0.1, -0.05) is 117 Å². The Labute approximate surface area is 570 Å². The van der Waals surface area contributed by atoms with E-state index >= 15 is 0 Å². The second kappa shape index (κ2) is 32.1. The number of fused-ring (bicyclic) bond motifs is 1. The summed E-state index contributed by atoms with van der Waals surface area (Å²) in [6.07, 6.45) is -31.6. The Balaban J connectivity index is 0.000000406. The van der Waals surface area contributed by atoms with Gasteiger partial charge in [-0.3, -0.25) is 0 Å². The maximum atomic E-state index is 13.2. The molecule has 10 fully saturated rings. The molecule has 0 aromatic heterocycles. The Morgan fingerprint density at radius 3 is 1.02 bits per heavy atom. The minimum Gasteiger partial charge on any atom is -0.247 e. The molecule has 2 bridgehead atoms. The molecule has 25 atom stereocenters. The molecule has 10 saturated carbocycles. The lowest BCUT2D eigenvalue weighted by molar-refractivity contribution is -0.431. The van der Waals surface area contributed by atoms with E-state index in [0.717, 1.165) is 37.5 Å². The van der Waals surface area contributed by atoms with E-state index in [2.05, 4.69) is 27.7 Å². The van der Waals surface area contributed by atoms with Crippen LogP contribution in [0.4, 0.5) is 149 Å². The predicted molar refractivity (Wildman–Crippen MR) is 311 cm³/mol. The van der Waals surface area contributed by atoms with E-state index in [1.165, 1.54) is 59.8 Å². The van der Waals surface area contributed by atoms with Crippen LogP contribution in [-0.2, 0) is 0 Å². The highest BCUT2D eigenvalue weighted by Gasteiger charge is 2.91. The summed E-state index contributed by atoms with van der Waals surface area (Å²) in [5, 5.41) is 0. The monoisotopic (exact) mass is 1550 g/mol. The summed E-state index contributed by atoms with van der Waals surface area (Å²) in [6, 6.07) is 0. The molecular formula is C67H98F34. The van der Waals surface area contributed by atoms with E-state index in [1.54, 1.807) is 20.8 Å². The number of hydrogen-bond donors (Lipinski definition) is 0. The second-order valence-electron chi connectivity index (χ2n) is 31.9. The van der Waals surface area contributed by atoms with Crippen molar-refractivity contribution in [1.29, 1.82) is 0 Å². The fraction of sp³-hybridized carbons (Fsp3) is 1.00. The van der Waals surface area contributed by atoms with Gasteiger partial charge in [0.25, 0.3) is 5.92 Å². The molecule has 10 rings (SSSR count). The average Bonchev–Trinajstić information content (AvgIpc) is 1.32. The number of rotatable bonds is 1. The van der Waals surface area contributed by atoms with Gasteiger partial charge in [-0.15, -0.1) is 0 Å². The standard InChI is InChI=1S/C12H15F9.C10H14F6.C9H13F3.C9H15F3.C8H7F9.C8H12F4.C6H12.C5H10/c1-4-5(2)8(11(16,17)18)9(12(19,20)21)6(3)7(4)10(13,14)15;1-5-3-6(2)8(10(14,15)16)7(4-5)9(11,12)13;1-5-6-3-4-7(5)8(6,2)9(10,11)12;1-6-3-7(2)5-8(4-6)9(10,11)12;1-3-5(10,11)4(2,9)7(14,15)8(16,17)6(3,12)13;1-3-5(9)4(2)7(11)8(12)6(3)10;1-3-6(2)4-5-6;1-5(2)3-4-5/h4-9H,1-3H3;5-8H,3-4H2,1-2H3;5-7H,3-4H2,1-2H3;6-8H,3-5H2,1-2H3;3H,1-2H3;3-8H,1-2H3;3-5H2,1-2H3;3-4H2,1-2H3/t4-,5?,6?,7?,8?,9?;5-,6?,7?,8?;5?,6-,7+,8?;6-,7?,8?;3-,4?;3-,4?,5?,6?,7?,8?;;/m10.000../s1/i;;;6D;;;;. The zero-order chi connectivity index (χ0) is 81.2. The van der Waals surface area contributed by atoms with Gasteiger partial charge in [0, 0.05) is 13.2 Å². The van der Waals surface area contributed by atoms with Crippen LogP contribution in [0.25, 0.3) is 0 Å². The Kier molecular flexibility index (Phi) is 29.5. The Morgan fingerprint density at radius 1 is 0.366 bits per heavy atom. The van der Waals surface area contributed by atoms with E-state index < -0.39 is 199 Å². The molecule has 10 aliphatic carbocycles. The van der Waals surface area contributed by atoms with E-state index in [-0.39, 0.29) is 49.9 Å². The molecule has 0 aromatic carbocycles. The van der Waals surface area contributed by atoms with Crippen molar-refractivity contribution in [3.8, 4) is 0 Å². The van der Waals surface area contributed by atoms with Gasteiger partial charge in [0.05, 0.1) is 46.8 Å². The van der Waals surface area contributed by atoms with E-state index in [0.29, 0.717) is 19.3 Å². The van der Waals surface area contributed by atoms with Gasteiger partial charge in [-0.25, -0.2) is 30.7 Å². The fourth-order valence-electron chi connectivity index (χ4n) is 15.8. The molecular weight excluding hydrogens is 1450 g/mol. The first-order valence-corrected chi connectivity index (χ1v) is 33.6. The van der Waals surface area contributed by atoms with Gasteiger partial charge in [-0.05, 0) is 148 Å². The van der Waals surface area contributed by atoms with Crippen molar-refractivity contribution in [2.45, 2.75) is 292 Å². The lowest BCUT2D eigenvalue weighted by atomic mass is 9.53. The van der Waals surface area contributed by atoms with E-state index in [1.807, 2.05) is 6.92 Å². The van der Waals surface area contributed by atoms with Crippen LogP contribution in [0.3, 0.4) is 0 Å². The van der Waals surface area contributed by atoms with Gasteiger partial charge < -0.3 is 0 Å². The molecule has 0 aliphatic heterocycles. The molecule has 0 saturated heterocycles. The number of alkyl halides is 34. The van der Waals surface area contributed by atoms with Gasteiger partial charge in [0.2, 0.25) is 5.67 Å². The zero-order valence-corrected chi connectivity index (χ0v) is 59.0. The van der Waals surface area contributed by atoms with Crippen molar-refractivity contribution in [1.82, 2.24) is 0 Å². The first-order chi connectivity index (χ1) is 44.8. The molecule has 604 valence electrons. The van der Waals surface area contributed by atoms with Crippen molar-refractivity contribution in [3.05, 3.63) is 0 Å². The SMILES string of the molecule is CC1(C)CC1.CC1C(C(F)(F)F)C(C(F)(F)F)C(C)[C@@H](C)C1C(F)(F)F.CC1C(F)C(F)C(F)[C@@H](C)C1F.CC1C[C@H](C)CC(C(F)(F)F)C1C(F)(F)F.CC1[C@H]2CC[C@@H]1C2(C)C(F)(F)F.CCC1(C)CC1.C[C@H]1C(F)(F)C(C)(F)C(F)(F)C(F)(F)C1(F)F.[2H][C@]1(C)CC(C)CC(C(F)(F)F)C1. The topological polar surface area (TPSA) is 0 Å². The summed E-state index contributed by atoms with van der Waals surface area (Å²) in [4.78, 5) is 0. The fourth-order valence-corrected chi connectivity index (χ4v) is 15.8. The summed E-state index contributed by atoms with van der Waals surface area (Å²) >= 11 is 0. The Bertz CT molecular complexity index is 2480. The zero-order valence-electron chi connectivity index (χ0n) is 60.0. The van der Waals surface area contributed by atoms with Crippen LogP contribution in [0.15, 0.2) is 0 Å². The molecule has 0 aromatic rings. The van der Waals surface area contributed by atoms with Crippen LogP contribution in [0.5, 0.6) is 0 Å². The molecule has 0 N–H and O–H groups in total. The quantitative estimate of drug-likeness (QED) is 0.230. The van der Waals surface area contributed by atoms with Gasteiger partial charge in [-0.2, -0.15) is 119 Å². The molecule has 10 aliphatic rings. The van der Waals surface area contributed by atoms with Crippen LogP contribution in [0, 0.1) is 129 Å². The van der Waals surface area contributed by atoms with E-state index in [4.69, 9.17) is 1.37 Å². The average molecular weight is 1550 g/mol. The maximum absolute atomic E-state index is 13.2. The molecule has 0 spiro atoms. The summed E-state index contributed by atoms with van der Waals surface area (Å²) < 4.78 is 442. The first-order valence-electron chi connectivity index (χ1n) is 34.1. The van der Waals surface area contributed by atoms with Crippen LogP contribution in [0.1, 0.15) is 196 Å². The van der Waals surface area contributed by atoms with Crippen LogP contribution >= 0.6 is 0 Å². The highest BCUT2D eigenvalue weighted by molar-refractivity contribution is 5.20. The smallest absolute Gasteiger partial charge is 0.247 e. The van der Waals surface area contributed by atoms with Crippen molar-refractivity contribution in [2.75, 3.05) is 0 Å². The Morgan fingerprint density at radius 2 is 0.733 bits per heavy atom. The normalized spacial score (nSPS) is 42.5. The molecule has 0 radical (unpaired) electrons. The van der Waals surface area contributed by atoms with Crippen molar-refractivity contribution in [2.24, 2.45) is 129 Å². The van der Waals surface area contributed by atoms with Gasteiger partial charge in [0.15, 0.2) is 6.17 Å². The minimum atomic E-state index is -6.19. The molecule has 18 unspecified atom stereocenters. The third kappa shape index (κ3) is 21.3. The van der Waals surface area contributed by atoms with Crippen LogP contribution in [-0.4, -0.2) is 97.3 Å². The highest BCUT2D eigenvalue weighted by Crippen LogP contribution is 2.72. The summed E-state index contributed by atoms with van der Waals surface area (Å²) in [7, 11) is 0. The van der Waals surface area contributed by atoms with Crippen molar-refractivity contribution in [3.63, 3.8) is 0 Å². The summed E-state index contributed by atoms with van der Waals surface area (Å²) in [5.41, 5.74) is -4.86. The molecule has 34 heteroatoms. The lowest BCUT2D eigenvalue weighted by Gasteiger charge is -2.53. The third-order valence-electron chi connectivity index (χ3n) is 23.5.